The first-order valence-corrected chi connectivity index (χ1v) is 6.73. The van der Waals surface area contributed by atoms with Crippen LogP contribution in [0.25, 0.3) is 10.9 Å². The van der Waals surface area contributed by atoms with E-state index in [1.807, 2.05) is 6.20 Å². The second-order valence-corrected chi connectivity index (χ2v) is 5.42. The number of fused-ring (bicyclic) bond motifs is 1. The Morgan fingerprint density at radius 3 is 2.80 bits per heavy atom. The minimum Gasteiger partial charge on any atom is -0.296 e. The van der Waals surface area contributed by atoms with Crippen LogP contribution >= 0.6 is 0 Å². The number of carbonyl (C=O) groups excluding carboxylic acids is 2. The van der Waals surface area contributed by atoms with Crippen LogP contribution in [-0.4, -0.2) is 27.0 Å². The van der Waals surface area contributed by atoms with Crippen LogP contribution in [0, 0.1) is 0 Å². The van der Waals surface area contributed by atoms with E-state index < -0.39 is 0 Å². The summed E-state index contributed by atoms with van der Waals surface area (Å²) in [5.74, 6) is -0.524. The van der Waals surface area contributed by atoms with Crippen molar-refractivity contribution in [2.45, 2.75) is 38.5 Å². The van der Waals surface area contributed by atoms with E-state index in [9.17, 15) is 9.59 Å². The number of H-pyrrole nitrogens is 1. The van der Waals surface area contributed by atoms with Gasteiger partial charge in [-0.25, -0.2) is 0 Å². The highest BCUT2D eigenvalue weighted by Crippen LogP contribution is 2.31. The molecule has 1 unspecified atom stereocenters. The number of carbonyl (C=O) groups is 2. The van der Waals surface area contributed by atoms with Gasteiger partial charge in [-0.3, -0.25) is 25.0 Å². The topological polar surface area (TPSA) is 87.7 Å². The molecule has 6 nitrogen and oxygen atoms in total. The van der Waals surface area contributed by atoms with Crippen LogP contribution in [0.2, 0.25) is 0 Å². The minimum absolute atomic E-state index is 0.212. The molecule has 0 aliphatic carbocycles. The number of imide groups is 1. The number of hydrogen-bond acceptors (Lipinski definition) is 4. The molecule has 3 heterocycles. The lowest BCUT2D eigenvalue weighted by molar-refractivity contribution is -0.134. The van der Waals surface area contributed by atoms with E-state index in [-0.39, 0.29) is 17.7 Å². The van der Waals surface area contributed by atoms with Crippen molar-refractivity contribution in [1.82, 2.24) is 20.5 Å². The van der Waals surface area contributed by atoms with Crippen molar-refractivity contribution < 1.29 is 9.59 Å². The molecule has 0 spiro atoms. The third-order valence-corrected chi connectivity index (χ3v) is 3.73. The second-order valence-electron chi connectivity index (χ2n) is 5.42. The molecule has 2 aromatic heterocycles. The predicted octanol–water partition coefficient (Wildman–Crippen LogP) is 1.60. The molecule has 1 atom stereocenters. The average Bonchev–Trinajstić information content (AvgIpc) is 2.82. The van der Waals surface area contributed by atoms with Crippen LogP contribution in [0.4, 0.5) is 0 Å². The number of nitrogens with zero attached hydrogens (tertiary/aromatic N) is 2. The number of hydrogen-bond donors (Lipinski definition) is 2. The van der Waals surface area contributed by atoms with Crippen molar-refractivity contribution in [3.05, 3.63) is 23.7 Å². The fourth-order valence-corrected chi connectivity index (χ4v) is 2.63. The minimum atomic E-state index is -0.359. The Bertz CT molecular complexity index is 690. The average molecular weight is 272 g/mol. The molecule has 0 bridgehead atoms. The van der Waals surface area contributed by atoms with Crippen LogP contribution in [0.3, 0.4) is 0 Å². The molecular weight excluding hydrogens is 256 g/mol. The van der Waals surface area contributed by atoms with E-state index in [0.717, 1.165) is 22.2 Å². The van der Waals surface area contributed by atoms with E-state index in [1.165, 1.54) is 0 Å². The predicted molar refractivity (Wildman–Crippen MR) is 73.1 cm³/mol. The van der Waals surface area contributed by atoms with E-state index in [4.69, 9.17) is 0 Å². The molecule has 0 aromatic carbocycles. The molecule has 2 amide bonds. The molecule has 0 saturated carbocycles. The number of aromatic nitrogens is 3. The smallest absolute Gasteiger partial charge is 0.235 e. The molecule has 0 radical (unpaired) electrons. The molecule has 20 heavy (non-hydrogen) atoms. The lowest BCUT2D eigenvalue weighted by atomic mass is 9.92. The van der Waals surface area contributed by atoms with Gasteiger partial charge >= 0.3 is 0 Å². The summed E-state index contributed by atoms with van der Waals surface area (Å²) in [6, 6.07) is 0. The molecule has 3 rings (SSSR count). The zero-order chi connectivity index (χ0) is 14.3. The van der Waals surface area contributed by atoms with Crippen molar-refractivity contribution in [2.75, 3.05) is 0 Å². The van der Waals surface area contributed by atoms with Crippen molar-refractivity contribution in [2.24, 2.45) is 0 Å². The lowest BCUT2D eigenvalue weighted by Gasteiger charge is -2.19. The van der Waals surface area contributed by atoms with E-state index in [1.54, 1.807) is 6.20 Å². The van der Waals surface area contributed by atoms with Gasteiger partial charge in [-0.05, 0) is 12.3 Å². The molecule has 1 saturated heterocycles. The Morgan fingerprint density at radius 2 is 2.10 bits per heavy atom. The third kappa shape index (κ3) is 1.97. The Labute approximate surface area is 116 Å². The van der Waals surface area contributed by atoms with Gasteiger partial charge in [0.05, 0.1) is 17.1 Å². The summed E-state index contributed by atoms with van der Waals surface area (Å²) in [7, 11) is 0. The van der Waals surface area contributed by atoms with Crippen LogP contribution in [0.1, 0.15) is 49.8 Å². The second kappa shape index (κ2) is 4.70. The molecule has 1 aliphatic rings. The maximum absolute atomic E-state index is 12.0. The van der Waals surface area contributed by atoms with E-state index in [0.29, 0.717) is 18.8 Å². The summed E-state index contributed by atoms with van der Waals surface area (Å²) in [6.07, 6.45) is 4.40. The normalized spacial score (nSPS) is 19.6. The van der Waals surface area contributed by atoms with Gasteiger partial charge in [0, 0.05) is 29.8 Å². The van der Waals surface area contributed by atoms with E-state index in [2.05, 4.69) is 34.3 Å². The number of nitrogens with one attached hydrogen (secondary N) is 2. The number of aromatic amines is 1. The molecule has 6 heteroatoms. The number of piperidine rings is 1. The van der Waals surface area contributed by atoms with Crippen molar-refractivity contribution in [1.29, 1.82) is 0 Å². The Kier molecular flexibility index (Phi) is 3.00. The zero-order valence-corrected chi connectivity index (χ0v) is 11.4. The first kappa shape index (κ1) is 12.8. The number of amides is 2. The standard InChI is InChI=1S/C14H16N4O2/c1-7(2)9-5-15-6-10-12(17-18-13(9)10)8-3-4-11(19)16-14(8)20/h5-8H,3-4H2,1-2H3,(H,17,18)(H,16,19,20). The highest BCUT2D eigenvalue weighted by molar-refractivity contribution is 6.02. The first-order chi connectivity index (χ1) is 9.58. The van der Waals surface area contributed by atoms with Gasteiger partial charge in [-0.2, -0.15) is 5.10 Å². The number of pyridine rings is 1. The van der Waals surface area contributed by atoms with Gasteiger partial charge in [0.25, 0.3) is 0 Å². The molecule has 1 fully saturated rings. The van der Waals surface area contributed by atoms with Crippen molar-refractivity contribution in [3.63, 3.8) is 0 Å². The van der Waals surface area contributed by atoms with Gasteiger partial charge in [-0.15, -0.1) is 0 Å². The number of rotatable bonds is 2. The van der Waals surface area contributed by atoms with Gasteiger partial charge in [0.2, 0.25) is 11.8 Å². The summed E-state index contributed by atoms with van der Waals surface area (Å²) in [4.78, 5) is 27.4. The molecule has 104 valence electrons. The highest BCUT2D eigenvalue weighted by atomic mass is 16.2. The van der Waals surface area contributed by atoms with E-state index >= 15 is 0 Å². The molecule has 2 N–H and O–H groups in total. The lowest BCUT2D eigenvalue weighted by Crippen LogP contribution is -2.39. The summed E-state index contributed by atoms with van der Waals surface area (Å²) < 4.78 is 0. The highest BCUT2D eigenvalue weighted by Gasteiger charge is 2.31. The van der Waals surface area contributed by atoms with Crippen molar-refractivity contribution in [3.8, 4) is 0 Å². The van der Waals surface area contributed by atoms with Crippen LogP contribution in [0.15, 0.2) is 12.4 Å². The fraction of sp³-hybridized carbons (Fsp3) is 0.429. The summed E-state index contributed by atoms with van der Waals surface area (Å²) in [6.45, 7) is 4.16. The first-order valence-electron chi connectivity index (χ1n) is 6.73. The third-order valence-electron chi connectivity index (χ3n) is 3.73. The fourth-order valence-electron chi connectivity index (χ4n) is 2.63. The largest absolute Gasteiger partial charge is 0.296 e. The van der Waals surface area contributed by atoms with Crippen molar-refractivity contribution >= 4 is 22.7 Å². The quantitative estimate of drug-likeness (QED) is 0.813. The summed E-state index contributed by atoms with van der Waals surface area (Å²) in [5, 5.41) is 10.5. The zero-order valence-electron chi connectivity index (χ0n) is 11.4. The Hall–Kier alpha value is -2.24. The van der Waals surface area contributed by atoms with Crippen LogP contribution < -0.4 is 5.32 Å². The van der Waals surface area contributed by atoms with Gasteiger partial charge < -0.3 is 0 Å². The molecule has 1 aliphatic heterocycles. The van der Waals surface area contributed by atoms with Crippen LogP contribution in [-0.2, 0) is 9.59 Å². The maximum Gasteiger partial charge on any atom is 0.235 e. The summed E-state index contributed by atoms with van der Waals surface area (Å²) in [5.41, 5.74) is 2.66. The summed E-state index contributed by atoms with van der Waals surface area (Å²) >= 11 is 0. The SMILES string of the molecule is CC(C)c1cncc2c(C3CCC(=O)NC3=O)[nH]nc12. The maximum atomic E-state index is 12.0. The Balaban J connectivity index is 2.07. The monoisotopic (exact) mass is 272 g/mol. The van der Waals surface area contributed by atoms with Gasteiger partial charge in [0.15, 0.2) is 0 Å². The van der Waals surface area contributed by atoms with Gasteiger partial charge in [0.1, 0.15) is 0 Å². The van der Waals surface area contributed by atoms with Gasteiger partial charge in [-0.1, -0.05) is 13.8 Å². The molecular formula is C14H16N4O2. The Morgan fingerprint density at radius 1 is 1.30 bits per heavy atom. The van der Waals surface area contributed by atoms with Crippen LogP contribution in [0.5, 0.6) is 0 Å². The molecule has 2 aromatic rings.